The summed E-state index contributed by atoms with van der Waals surface area (Å²) in [7, 11) is -1.88. The zero-order valence-corrected chi connectivity index (χ0v) is 11.4. The standard InChI is InChI=1S/C12H16O5S/c1-9-10(8-13)4-5-11(18(3,14)15)12(9)17-7-6-16-2/h4-5,8H,6-7H2,1-3H3. The van der Waals surface area contributed by atoms with E-state index < -0.39 is 9.84 Å². The molecule has 6 heteroatoms. The van der Waals surface area contributed by atoms with Crippen LogP contribution in [0.15, 0.2) is 17.0 Å². The highest BCUT2D eigenvalue weighted by molar-refractivity contribution is 7.90. The Balaban J connectivity index is 3.27. The zero-order valence-electron chi connectivity index (χ0n) is 10.6. The Morgan fingerprint density at radius 3 is 2.44 bits per heavy atom. The molecule has 0 spiro atoms. The lowest BCUT2D eigenvalue weighted by atomic mass is 10.1. The minimum absolute atomic E-state index is 0.0849. The molecule has 0 unspecified atom stereocenters. The molecule has 0 aliphatic heterocycles. The normalized spacial score (nSPS) is 11.3. The highest BCUT2D eigenvalue weighted by Gasteiger charge is 2.18. The minimum Gasteiger partial charge on any atom is -0.490 e. The lowest BCUT2D eigenvalue weighted by molar-refractivity contribution is 0.112. The lowest BCUT2D eigenvalue weighted by Crippen LogP contribution is -2.10. The fourth-order valence-electron chi connectivity index (χ4n) is 1.51. The van der Waals surface area contributed by atoms with Crippen molar-refractivity contribution >= 4 is 16.1 Å². The Hall–Kier alpha value is -1.40. The van der Waals surface area contributed by atoms with E-state index in [-0.39, 0.29) is 17.3 Å². The van der Waals surface area contributed by atoms with Gasteiger partial charge in [0.15, 0.2) is 9.84 Å². The molecule has 1 rings (SSSR count). The molecular formula is C12H16O5S. The summed E-state index contributed by atoms with van der Waals surface area (Å²) in [6.07, 6.45) is 1.77. The van der Waals surface area contributed by atoms with Gasteiger partial charge in [-0.15, -0.1) is 0 Å². The first-order valence-corrected chi connectivity index (χ1v) is 7.21. The molecule has 5 nitrogen and oxygen atoms in total. The van der Waals surface area contributed by atoms with Crippen LogP contribution in [0.25, 0.3) is 0 Å². The third kappa shape index (κ3) is 3.30. The molecule has 0 atom stereocenters. The molecule has 0 bridgehead atoms. The first kappa shape index (κ1) is 14.7. The number of aldehydes is 1. The summed E-state index contributed by atoms with van der Waals surface area (Å²) in [4.78, 5) is 10.9. The SMILES string of the molecule is COCCOc1c(S(C)(=O)=O)ccc(C=O)c1C. The van der Waals surface area contributed by atoms with Crippen LogP contribution in [-0.4, -0.2) is 41.3 Å². The molecule has 0 saturated heterocycles. The van der Waals surface area contributed by atoms with Crippen LogP contribution in [0, 0.1) is 6.92 Å². The Morgan fingerprint density at radius 1 is 1.28 bits per heavy atom. The maximum absolute atomic E-state index is 11.6. The molecule has 0 aromatic heterocycles. The predicted octanol–water partition coefficient (Wildman–Crippen LogP) is 1.24. The third-order valence-corrected chi connectivity index (χ3v) is 3.59. The molecule has 0 amide bonds. The number of ether oxygens (including phenoxy) is 2. The average Bonchev–Trinajstić information content (AvgIpc) is 2.29. The average molecular weight is 272 g/mol. The maximum atomic E-state index is 11.6. The Bertz CT molecular complexity index is 534. The van der Waals surface area contributed by atoms with Crippen LogP contribution in [-0.2, 0) is 14.6 Å². The van der Waals surface area contributed by atoms with Crippen LogP contribution in [0.2, 0.25) is 0 Å². The molecule has 0 aliphatic rings. The van der Waals surface area contributed by atoms with Crippen LogP contribution >= 0.6 is 0 Å². The third-order valence-electron chi connectivity index (χ3n) is 2.47. The quantitative estimate of drug-likeness (QED) is 0.575. The van der Waals surface area contributed by atoms with Gasteiger partial charge in [-0.1, -0.05) is 0 Å². The Kier molecular flexibility index (Phi) is 4.86. The molecular weight excluding hydrogens is 256 g/mol. The summed E-state index contributed by atoms with van der Waals surface area (Å²) in [6.45, 7) is 2.22. The van der Waals surface area contributed by atoms with E-state index in [1.807, 2.05) is 0 Å². The van der Waals surface area contributed by atoms with E-state index in [4.69, 9.17) is 9.47 Å². The van der Waals surface area contributed by atoms with Crippen molar-refractivity contribution in [2.75, 3.05) is 26.6 Å². The van der Waals surface area contributed by atoms with Gasteiger partial charge in [0, 0.05) is 24.5 Å². The predicted molar refractivity (Wildman–Crippen MR) is 67.0 cm³/mol. The monoisotopic (exact) mass is 272 g/mol. The van der Waals surface area contributed by atoms with Crippen molar-refractivity contribution in [1.29, 1.82) is 0 Å². The van der Waals surface area contributed by atoms with Gasteiger partial charge in [-0.25, -0.2) is 8.42 Å². The van der Waals surface area contributed by atoms with E-state index in [9.17, 15) is 13.2 Å². The largest absolute Gasteiger partial charge is 0.490 e. The zero-order chi connectivity index (χ0) is 13.8. The van der Waals surface area contributed by atoms with Crippen LogP contribution in [0.1, 0.15) is 15.9 Å². The Labute approximate surface area is 107 Å². The summed E-state index contributed by atoms with van der Waals surface area (Å²) in [6, 6.07) is 2.86. The molecule has 0 aliphatic carbocycles. The highest BCUT2D eigenvalue weighted by atomic mass is 32.2. The fourth-order valence-corrected chi connectivity index (χ4v) is 2.37. The van der Waals surface area contributed by atoms with Gasteiger partial charge in [-0.3, -0.25) is 4.79 Å². The number of rotatable bonds is 6. The van der Waals surface area contributed by atoms with Gasteiger partial charge in [-0.2, -0.15) is 0 Å². The molecule has 0 fully saturated rings. The summed E-state index contributed by atoms with van der Waals surface area (Å²) in [5.41, 5.74) is 0.929. The van der Waals surface area contributed by atoms with Crippen molar-refractivity contribution in [3.8, 4) is 5.75 Å². The van der Waals surface area contributed by atoms with E-state index in [2.05, 4.69) is 0 Å². The van der Waals surface area contributed by atoms with Crippen molar-refractivity contribution in [3.05, 3.63) is 23.3 Å². The smallest absolute Gasteiger partial charge is 0.179 e. The minimum atomic E-state index is -3.40. The number of hydrogen-bond donors (Lipinski definition) is 0. The molecule has 18 heavy (non-hydrogen) atoms. The van der Waals surface area contributed by atoms with Gasteiger partial charge >= 0.3 is 0 Å². The number of benzene rings is 1. The van der Waals surface area contributed by atoms with Crippen molar-refractivity contribution in [1.82, 2.24) is 0 Å². The van der Waals surface area contributed by atoms with Crippen LogP contribution < -0.4 is 4.74 Å². The van der Waals surface area contributed by atoms with Gasteiger partial charge in [0.25, 0.3) is 0 Å². The number of methoxy groups -OCH3 is 1. The molecule has 0 radical (unpaired) electrons. The fraction of sp³-hybridized carbons (Fsp3) is 0.417. The summed E-state index contributed by atoms with van der Waals surface area (Å²) >= 11 is 0. The molecule has 0 N–H and O–H groups in total. The second-order valence-electron chi connectivity index (χ2n) is 3.84. The van der Waals surface area contributed by atoms with Gasteiger partial charge in [0.05, 0.1) is 6.61 Å². The summed E-state index contributed by atoms with van der Waals surface area (Å²) in [5, 5.41) is 0. The molecule has 100 valence electrons. The molecule has 1 aromatic carbocycles. The molecule has 0 heterocycles. The van der Waals surface area contributed by atoms with E-state index >= 15 is 0 Å². The van der Waals surface area contributed by atoms with Crippen molar-refractivity contribution in [2.45, 2.75) is 11.8 Å². The highest BCUT2D eigenvalue weighted by Crippen LogP contribution is 2.29. The van der Waals surface area contributed by atoms with E-state index in [0.717, 1.165) is 6.26 Å². The molecule has 0 saturated carbocycles. The van der Waals surface area contributed by atoms with Gasteiger partial charge < -0.3 is 9.47 Å². The Morgan fingerprint density at radius 2 is 1.94 bits per heavy atom. The van der Waals surface area contributed by atoms with Crippen molar-refractivity contribution < 1.29 is 22.7 Å². The number of sulfone groups is 1. The maximum Gasteiger partial charge on any atom is 0.179 e. The van der Waals surface area contributed by atoms with E-state index in [1.54, 1.807) is 6.92 Å². The summed E-state index contributed by atoms with van der Waals surface area (Å²) in [5.74, 6) is 0.221. The number of carbonyl (C=O) groups is 1. The van der Waals surface area contributed by atoms with Crippen molar-refractivity contribution in [2.24, 2.45) is 0 Å². The number of carbonyl (C=O) groups excluding carboxylic acids is 1. The first-order valence-electron chi connectivity index (χ1n) is 5.32. The van der Waals surface area contributed by atoms with Gasteiger partial charge in [0.1, 0.15) is 23.5 Å². The second kappa shape index (κ2) is 5.97. The van der Waals surface area contributed by atoms with E-state index in [1.165, 1.54) is 19.2 Å². The second-order valence-corrected chi connectivity index (χ2v) is 5.82. The van der Waals surface area contributed by atoms with Crippen molar-refractivity contribution in [3.63, 3.8) is 0 Å². The number of hydrogen-bond acceptors (Lipinski definition) is 5. The van der Waals surface area contributed by atoms with Gasteiger partial charge in [0.2, 0.25) is 0 Å². The van der Waals surface area contributed by atoms with Gasteiger partial charge in [-0.05, 0) is 19.1 Å². The van der Waals surface area contributed by atoms with Crippen LogP contribution in [0.3, 0.4) is 0 Å². The topological polar surface area (TPSA) is 69.7 Å². The first-order chi connectivity index (χ1) is 8.41. The molecule has 1 aromatic rings. The summed E-state index contributed by atoms with van der Waals surface area (Å²) < 4.78 is 33.5. The van der Waals surface area contributed by atoms with Crippen LogP contribution in [0.5, 0.6) is 5.75 Å². The van der Waals surface area contributed by atoms with Crippen LogP contribution in [0.4, 0.5) is 0 Å². The lowest BCUT2D eigenvalue weighted by Gasteiger charge is -2.14. The van der Waals surface area contributed by atoms with E-state index in [0.29, 0.717) is 24.0 Å².